The van der Waals surface area contributed by atoms with Crippen LogP contribution < -0.4 is 14.8 Å². The third kappa shape index (κ3) is 4.51. The molecule has 0 unspecified atom stereocenters. The van der Waals surface area contributed by atoms with Gasteiger partial charge in [-0.25, -0.2) is 4.79 Å². The maximum absolute atomic E-state index is 11.9. The van der Waals surface area contributed by atoms with E-state index >= 15 is 0 Å². The molecule has 1 rings (SSSR count). The van der Waals surface area contributed by atoms with Gasteiger partial charge in [0.2, 0.25) is 5.91 Å². The maximum Gasteiger partial charge on any atom is 0.330 e. The molecule has 0 aliphatic rings. The fourth-order valence-corrected chi connectivity index (χ4v) is 1.78. The molecule has 0 aliphatic heterocycles. The quantitative estimate of drug-likeness (QED) is 0.640. The van der Waals surface area contributed by atoms with E-state index in [9.17, 15) is 9.59 Å². The fourth-order valence-electron chi connectivity index (χ4n) is 1.78. The minimum absolute atomic E-state index is 0.409. The van der Waals surface area contributed by atoms with Crippen molar-refractivity contribution in [1.29, 1.82) is 0 Å². The molecule has 1 aromatic rings. The van der Waals surface area contributed by atoms with Gasteiger partial charge in [-0.2, -0.15) is 0 Å². The summed E-state index contributed by atoms with van der Waals surface area (Å²) in [5, 5.41) is 2.57. The summed E-state index contributed by atoms with van der Waals surface area (Å²) in [6.45, 7) is 3.14. The van der Waals surface area contributed by atoms with Gasteiger partial charge in [-0.1, -0.05) is 0 Å². The number of methoxy groups -OCH3 is 3. The summed E-state index contributed by atoms with van der Waals surface area (Å²) in [6, 6.07) is 5.25. The number of ether oxygens (including phenoxy) is 3. The van der Waals surface area contributed by atoms with Crippen molar-refractivity contribution in [3.63, 3.8) is 0 Å². The van der Waals surface area contributed by atoms with Gasteiger partial charge < -0.3 is 19.5 Å². The minimum atomic E-state index is -1.10. The largest absolute Gasteiger partial charge is 0.497 e. The highest BCUT2D eigenvalue weighted by atomic mass is 16.5. The molecule has 6 heteroatoms. The molecule has 0 saturated carbocycles. The zero-order valence-electron chi connectivity index (χ0n) is 13.4. The van der Waals surface area contributed by atoms with Crippen LogP contribution in [0.25, 0.3) is 6.08 Å². The van der Waals surface area contributed by atoms with Crippen LogP contribution in [0.5, 0.6) is 11.5 Å². The molecule has 120 valence electrons. The highest BCUT2D eigenvalue weighted by Gasteiger charge is 2.29. The Labute approximate surface area is 130 Å². The molecular weight excluding hydrogens is 286 g/mol. The van der Waals surface area contributed by atoms with E-state index in [1.54, 1.807) is 45.2 Å². The molecule has 0 bridgehead atoms. The van der Waals surface area contributed by atoms with E-state index in [-0.39, 0.29) is 0 Å². The monoisotopic (exact) mass is 307 g/mol. The van der Waals surface area contributed by atoms with Crippen molar-refractivity contribution in [1.82, 2.24) is 5.32 Å². The lowest BCUT2D eigenvalue weighted by molar-refractivity contribution is -0.148. The number of benzene rings is 1. The average Bonchev–Trinajstić information content (AvgIpc) is 2.51. The standard InChI is InChI=1S/C16H21NO5/c1-16(2,15(19)22-5)17-14(18)9-7-11-6-8-12(20-3)10-13(11)21-4/h6-10H,1-5H3,(H,17,18)/b9-7+. The van der Waals surface area contributed by atoms with Gasteiger partial charge in [0.05, 0.1) is 21.3 Å². The number of hydrogen-bond donors (Lipinski definition) is 1. The molecule has 0 aliphatic carbocycles. The van der Waals surface area contributed by atoms with Crippen molar-refractivity contribution in [2.45, 2.75) is 19.4 Å². The molecule has 0 fully saturated rings. The van der Waals surface area contributed by atoms with Crippen LogP contribution in [0.4, 0.5) is 0 Å². The van der Waals surface area contributed by atoms with Gasteiger partial charge in [0.15, 0.2) is 0 Å². The van der Waals surface area contributed by atoms with Gasteiger partial charge >= 0.3 is 5.97 Å². The number of hydrogen-bond acceptors (Lipinski definition) is 5. The van der Waals surface area contributed by atoms with E-state index in [4.69, 9.17) is 9.47 Å². The normalized spacial score (nSPS) is 11.1. The van der Waals surface area contributed by atoms with Gasteiger partial charge in [-0.15, -0.1) is 0 Å². The summed E-state index contributed by atoms with van der Waals surface area (Å²) < 4.78 is 15.0. The third-order valence-corrected chi connectivity index (χ3v) is 2.99. The smallest absolute Gasteiger partial charge is 0.330 e. The summed E-state index contributed by atoms with van der Waals surface area (Å²) in [5.41, 5.74) is -0.380. The number of nitrogens with one attached hydrogen (secondary N) is 1. The Bertz CT molecular complexity index is 578. The Morgan fingerprint density at radius 3 is 2.36 bits per heavy atom. The van der Waals surface area contributed by atoms with E-state index in [0.29, 0.717) is 17.1 Å². The topological polar surface area (TPSA) is 73.9 Å². The van der Waals surface area contributed by atoms with Gasteiger partial charge in [-0.05, 0) is 32.1 Å². The van der Waals surface area contributed by atoms with Crippen LogP contribution in [0, 0.1) is 0 Å². The number of carbonyl (C=O) groups excluding carboxylic acids is 2. The number of esters is 1. The predicted molar refractivity (Wildman–Crippen MR) is 82.8 cm³/mol. The van der Waals surface area contributed by atoms with Crippen LogP contribution >= 0.6 is 0 Å². The molecule has 0 atom stereocenters. The van der Waals surface area contributed by atoms with Crippen LogP contribution in [-0.2, 0) is 14.3 Å². The van der Waals surface area contributed by atoms with Crippen molar-refractivity contribution in [2.24, 2.45) is 0 Å². The third-order valence-electron chi connectivity index (χ3n) is 2.99. The van der Waals surface area contributed by atoms with E-state index in [0.717, 1.165) is 0 Å². The molecular formula is C16H21NO5. The number of carbonyl (C=O) groups is 2. The maximum atomic E-state index is 11.9. The first-order chi connectivity index (χ1) is 10.3. The summed E-state index contributed by atoms with van der Waals surface area (Å²) >= 11 is 0. The Morgan fingerprint density at radius 2 is 1.82 bits per heavy atom. The molecule has 6 nitrogen and oxygen atoms in total. The molecule has 0 heterocycles. The summed E-state index contributed by atoms with van der Waals surface area (Å²) in [6.07, 6.45) is 2.93. The van der Waals surface area contributed by atoms with E-state index in [1.807, 2.05) is 0 Å². The first kappa shape index (κ1) is 17.6. The van der Waals surface area contributed by atoms with Gasteiger partial charge in [-0.3, -0.25) is 4.79 Å². The second-order valence-electron chi connectivity index (χ2n) is 5.05. The summed E-state index contributed by atoms with van der Waals surface area (Å²) in [7, 11) is 4.37. The molecule has 22 heavy (non-hydrogen) atoms. The Hall–Kier alpha value is -2.50. The van der Waals surface area contributed by atoms with Gasteiger partial charge in [0.25, 0.3) is 0 Å². The molecule has 0 spiro atoms. The Morgan fingerprint density at radius 1 is 1.14 bits per heavy atom. The van der Waals surface area contributed by atoms with Crippen molar-refractivity contribution in [3.8, 4) is 11.5 Å². The van der Waals surface area contributed by atoms with E-state index in [1.165, 1.54) is 20.3 Å². The zero-order valence-corrected chi connectivity index (χ0v) is 13.4. The average molecular weight is 307 g/mol. The summed E-state index contributed by atoms with van der Waals surface area (Å²) in [5.74, 6) is 0.311. The molecule has 0 saturated heterocycles. The van der Waals surface area contributed by atoms with Crippen LogP contribution in [0.1, 0.15) is 19.4 Å². The number of amides is 1. The highest BCUT2D eigenvalue weighted by molar-refractivity contribution is 5.96. The van der Waals surface area contributed by atoms with E-state index in [2.05, 4.69) is 10.1 Å². The first-order valence-corrected chi connectivity index (χ1v) is 6.64. The van der Waals surface area contributed by atoms with Crippen molar-refractivity contribution >= 4 is 18.0 Å². The zero-order chi connectivity index (χ0) is 16.8. The second kappa shape index (κ2) is 7.49. The van der Waals surface area contributed by atoms with E-state index < -0.39 is 17.4 Å². The van der Waals surface area contributed by atoms with Crippen molar-refractivity contribution in [3.05, 3.63) is 29.8 Å². The molecule has 1 aromatic carbocycles. The Balaban J connectivity index is 2.84. The fraction of sp³-hybridized carbons (Fsp3) is 0.375. The SMILES string of the molecule is COC(=O)C(C)(C)NC(=O)/C=C/c1ccc(OC)cc1OC. The Kier molecular flexibility index (Phi) is 5.98. The van der Waals surface area contributed by atoms with Crippen molar-refractivity contribution < 1.29 is 23.8 Å². The highest BCUT2D eigenvalue weighted by Crippen LogP contribution is 2.25. The summed E-state index contributed by atoms with van der Waals surface area (Å²) in [4.78, 5) is 23.4. The molecule has 1 N–H and O–H groups in total. The lowest BCUT2D eigenvalue weighted by Gasteiger charge is -2.22. The van der Waals surface area contributed by atoms with Gasteiger partial charge in [0.1, 0.15) is 17.0 Å². The lowest BCUT2D eigenvalue weighted by Crippen LogP contribution is -2.49. The molecule has 1 amide bonds. The van der Waals surface area contributed by atoms with Crippen LogP contribution in [0.3, 0.4) is 0 Å². The van der Waals surface area contributed by atoms with Crippen LogP contribution in [0.15, 0.2) is 24.3 Å². The predicted octanol–water partition coefficient (Wildman–Crippen LogP) is 1.78. The van der Waals surface area contributed by atoms with Crippen LogP contribution in [-0.4, -0.2) is 38.7 Å². The minimum Gasteiger partial charge on any atom is -0.497 e. The van der Waals surface area contributed by atoms with Gasteiger partial charge in [0, 0.05) is 17.7 Å². The van der Waals surface area contributed by atoms with Crippen molar-refractivity contribution in [2.75, 3.05) is 21.3 Å². The first-order valence-electron chi connectivity index (χ1n) is 6.64. The number of rotatable bonds is 6. The molecule has 0 aromatic heterocycles. The lowest BCUT2D eigenvalue weighted by atomic mass is 10.1. The van der Waals surface area contributed by atoms with Crippen LogP contribution in [0.2, 0.25) is 0 Å². The molecule has 0 radical (unpaired) electrons. The second-order valence-corrected chi connectivity index (χ2v) is 5.05.